The van der Waals surface area contributed by atoms with Gasteiger partial charge in [0.1, 0.15) is 0 Å². The molecule has 0 spiro atoms. The second kappa shape index (κ2) is 6.66. The molecule has 1 heterocycles. The lowest BCUT2D eigenvalue weighted by Gasteiger charge is -2.09. The maximum Gasteiger partial charge on any atom is 0.255 e. The Balaban J connectivity index is 1.77. The number of nitrogens with zero attached hydrogens (tertiary/aromatic N) is 2. The van der Waals surface area contributed by atoms with Crippen LogP contribution in [0.15, 0.2) is 53.1 Å². The first-order valence-electron chi connectivity index (χ1n) is 7.85. The molecule has 1 amide bonds. The fourth-order valence-electron chi connectivity index (χ4n) is 2.37. The SMILES string of the molecule is Cc1nc(-c2cccc(C(=O)Nc3ccc(C(C)C)cc3)c2)no1. The summed E-state index contributed by atoms with van der Waals surface area (Å²) < 4.78 is 4.98. The lowest BCUT2D eigenvalue weighted by atomic mass is 10.0. The molecule has 122 valence electrons. The minimum Gasteiger partial charge on any atom is -0.339 e. The molecule has 0 fully saturated rings. The Morgan fingerprint density at radius 3 is 2.50 bits per heavy atom. The van der Waals surface area contributed by atoms with Gasteiger partial charge in [-0.2, -0.15) is 4.98 Å². The topological polar surface area (TPSA) is 68.0 Å². The molecular weight excluding hydrogens is 302 g/mol. The minimum atomic E-state index is -0.172. The molecule has 0 aliphatic heterocycles. The highest BCUT2D eigenvalue weighted by molar-refractivity contribution is 6.04. The average molecular weight is 321 g/mol. The molecule has 0 radical (unpaired) electrons. The number of benzene rings is 2. The fourth-order valence-corrected chi connectivity index (χ4v) is 2.37. The van der Waals surface area contributed by atoms with Crippen LogP contribution in [0.3, 0.4) is 0 Å². The normalized spacial score (nSPS) is 10.8. The molecule has 3 rings (SSSR count). The Bertz CT molecular complexity index is 851. The van der Waals surface area contributed by atoms with E-state index in [2.05, 4.69) is 29.3 Å². The number of nitrogens with one attached hydrogen (secondary N) is 1. The van der Waals surface area contributed by atoms with Crippen LogP contribution in [0.2, 0.25) is 0 Å². The fraction of sp³-hybridized carbons (Fsp3) is 0.211. The average Bonchev–Trinajstić information content (AvgIpc) is 3.02. The Morgan fingerprint density at radius 2 is 1.88 bits per heavy atom. The molecule has 0 aliphatic carbocycles. The van der Waals surface area contributed by atoms with Gasteiger partial charge in [0.2, 0.25) is 11.7 Å². The summed E-state index contributed by atoms with van der Waals surface area (Å²) in [6.07, 6.45) is 0. The summed E-state index contributed by atoms with van der Waals surface area (Å²) in [5, 5.41) is 6.78. The molecule has 5 nitrogen and oxygen atoms in total. The van der Waals surface area contributed by atoms with Gasteiger partial charge in [0.25, 0.3) is 5.91 Å². The highest BCUT2D eigenvalue weighted by Crippen LogP contribution is 2.20. The molecule has 0 aliphatic rings. The molecule has 24 heavy (non-hydrogen) atoms. The first kappa shape index (κ1) is 15.9. The molecule has 5 heteroatoms. The Labute approximate surface area is 140 Å². The molecule has 1 aromatic heterocycles. The van der Waals surface area contributed by atoms with Crippen molar-refractivity contribution in [1.82, 2.24) is 10.1 Å². The summed E-state index contributed by atoms with van der Waals surface area (Å²) in [5.74, 6) is 1.26. The van der Waals surface area contributed by atoms with Gasteiger partial charge in [-0.15, -0.1) is 0 Å². The number of amides is 1. The molecule has 2 aromatic carbocycles. The van der Waals surface area contributed by atoms with E-state index in [-0.39, 0.29) is 5.91 Å². The van der Waals surface area contributed by atoms with Gasteiger partial charge in [-0.3, -0.25) is 4.79 Å². The number of hydrogen-bond donors (Lipinski definition) is 1. The van der Waals surface area contributed by atoms with Gasteiger partial charge in [-0.05, 0) is 35.7 Å². The maximum atomic E-state index is 12.4. The van der Waals surface area contributed by atoms with Gasteiger partial charge in [-0.1, -0.05) is 43.3 Å². The van der Waals surface area contributed by atoms with E-state index in [1.165, 1.54) is 5.56 Å². The van der Waals surface area contributed by atoms with Crippen LogP contribution in [0.25, 0.3) is 11.4 Å². The van der Waals surface area contributed by atoms with Crippen LogP contribution in [0, 0.1) is 6.92 Å². The highest BCUT2D eigenvalue weighted by atomic mass is 16.5. The van der Waals surface area contributed by atoms with Gasteiger partial charge in [-0.25, -0.2) is 0 Å². The Morgan fingerprint density at radius 1 is 1.12 bits per heavy atom. The van der Waals surface area contributed by atoms with Gasteiger partial charge in [0.15, 0.2) is 0 Å². The van der Waals surface area contributed by atoms with Crippen molar-refractivity contribution in [3.05, 3.63) is 65.5 Å². The molecule has 1 N–H and O–H groups in total. The van der Waals surface area contributed by atoms with Gasteiger partial charge in [0, 0.05) is 23.7 Å². The van der Waals surface area contributed by atoms with Crippen molar-refractivity contribution in [2.45, 2.75) is 26.7 Å². The third kappa shape index (κ3) is 3.51. The van der Waals surface area contributed by atoms with Crippen LogP contribution in [-0.4, -0.2) is 16.0 Å². The lowest BCUT2D eigenvalue weighted by molar-refractivity contribution is 0.102. The Kier molecular flexibility index (Phi) is 4.42. The van der Waals surface area contributed by atoms with E-state index in [9.17, 15) is 4.79 Å². The number of aromatic nitrogens is 2. The van der Waals surface area contributed by atoms with Crippen LogP contribution in [0.5, 0.6) is 0 Å². The van der Waals surface area contributed by atoms with E-state index in [1.54, 1.807) is 25.1 Å². The van der Waals surface area contributed by atoms with E-state index in [1.807, 2.05) is 30.3 Å². The maximum absolute atomic E-state index is 12.4. The summed E-state index contributed by atoms with van der Waals surface area (Å²) >= 11 is 0. The van der Waals surface area contributed by atoms with Crippen LogP contribution >= 0.6 is 0 Å². The van der Waals surface area contributed by atoms with E-state index in [0.29, 0.717) is 23.2 Å². The minimum absolute atomic E-state index is 0.172. The first-order valence-corrected chi connectivity index (χ1v) is 7.85. The predicted octanol–water partition coefficient (Wildman–Crippen LogP) is 4.42. The number of rotatable bonds is 4. The number of aryl methyl sites for hydroxylation is 1. The summed E-state index contributed by atoms with van der Waals surface area (Å²) in [5.41, 5.74) is 3.30. The summed E-state index contributed by atoms with van der Waals surface area (Å²) in [6.45, 7) is 6.01. The second-order valence-electron chi connectivity index (χ2n) is 5.95. The zero-order valence-electron chi connectivity index (χ0n) is 13.9. The number of carbonyl (C=O) groups is 1. The third-order valence-corrected chi connectivity index (χ3v) is 3.75. The van der Waals surface area contributed by atoms with Crippen molar-refractivity contribution in [3.8, 4) is 11.4 Å². The quantitative estimate of drug-likeness (QED) is 0.772. The summed E-state index contributed by atoms with van der Waals surface area (Å²) in [7, 11) is 0. The zero-order valence-corrected chi connectivity index (χ0v) is 13.9. The van der Waals surface area contributed by atoms with Crippen molar-refractivity contribution < 1.29 is 9.32 Å². The zero-order chi connectivity index (χ0) is 17.1. The standard InChI is InChI=1S/C19H19N3O2/c1-12(2)14-7-9-17(10-8-14)21-19(23)16-6-4-5-15(11-16)18-20-13(3)24-22-18/h4-12H,1-3H3,(H,21,23). The van der Waals surface area contributed by atoms with Crippen molar-refractivity contribution in [3.63, 3.8) is 0 Å². The van der Waals surface area contributed by atoms with E-state index >= 15 is 0 Å². The Hall–Kier alpha value is -2.95. The molecule has 0 bridgehead atoms. The van der Waals surface area contributed by atoms with E-state index in [0.717, 1.165) is 11.3 Å². The smallest absolute Gasteiger partial charge is 0.255 e. The van der Waals surface area contributed by atoms with Gasteiger partial charge < -0.3 is 9.84 Å². The van der Waals surface area contributed by atoms with E-state index < -0.39 is 0 Å². The molecular formula is C19H19N3O2. The molecule has 0 unspecified atom stereocenters. The molecule has 0 saturated heterocycles. The predicted molar refractivity (Wildman–Crippen MR) is 93.0 cm³/mol. The number of anilines is 1. The van der Waals surface area contributed by atoms with Gasteiger partial charge in [0.05, 0.1) is 0 Å². The summed E-state index contributed by atoms with van der Waals surface area (Å²) in [4.78, 5) is 16.6. The second-order valence-corrected chi connectivity index (χ2v) is 5.95. The van der Waals surface area contributed by atoms with Crippen LogP contribution in [-0.2, 0) is 0 Å². The van der Waals surface area contributed by atoms with Gasteiger partial charge >= 0.3 is 0 Å². The summed E-state index contributed by atoms with van der Waals surface area (Å²) in [6, 6.07) is 15.0. The third-order valence-electron chi connectivity index (χ3n) is 3.75. The monoisotopic (exact) mass is 321 g/mol. The largest absolute Gasteiger partial charge is 0.339 e. The first-order chi connectivity index (χ1) is 11.5. The van der Waals surface area contributed by atoms with Crippen molar-refractivity contribution in [2.75, 3.05) is 5.32 Å². The van der Waals surface area contributed by atoms with Crippen molar-refractivity contribution in [2.24, 2.45) is 0 Å². The van der Waals surface area contributed by atoms with Crippen LogP contribution in [0.4, 0.5) is 5.69 Å². The van der Waals surface area contributed by atoms with Crippen LogP contribution < -0.4 is 5.32 Å². The molecule has 3 aromatic rings. The molecule has 0 atom stereocenters. The lowest BCUT2D eigenvalue weighted by Crippen LogP contribution is -2.12. The number of hydrogen-bond acceptors (Lipinski definition) is 4. The van der Waals surface area contributed by atoms with E-state index in [4.69, 9.17) is 4.52 Å². The highest BCUT2D eigenvalue weighted by Gasteiger charge is 2.11. The van der Waals surface area contributed by atoms with Crippen molar-refractivity contribution in [1.29, 1.82) is 0 Å². The number of carbonyl (C=O) groups excluding carboxylic acids is 1. The van der Waals surface area contributed by atoms with Crippen LogP contribution in [0.1, 0.15) is 41.6 Å². The molecule has 0 saturated carbocycles. The van der Waals surface area contributed by atoms with Crippen molar-refractivity contribution >= 4 is 11.6 Å².